The minimum atomic E-state index is 0.00872. The van der Waals surface area contributed by atoms with Crippen molar-refractivity contribution in [2.45, 2.75) is 52.4 Å². The van der Waals surface area contributed by atoms with Crippen LogP contribution in [0, 0.1) is 12.3 Å². The molecule has 20 heavy (non-hydrogen) atoms. The molecule has 1 fully saturated rings. The van der Waals surface area contributed by atoms with Crippen molar-refractivity contribution in [1.82, 2.24) is 9.97 Å². The van der Waals surface area contributed by atoms with Gasteiger partial charge in [0.1, 0.15) is 16.8 Å². The first kappa shape index (κ1) is 15.5. The third-order valence-corrected chi connectivity index (χ3v) is 4.60. The fraction of sp³-hybridized carbons (Fsp3) is 0.733. The molecule has 0 amide bonds. The summed E-state index contributed by atoms with van der Waals surface area (Å²) in [5.41, 5.74) is 0.895. The highest BCUT2D eigenvalue weighted by Crippen LogP contribution is 2.37. The Kier molecular flexibility index (Phi) is 5.22. The molecule has 0 unspecified atom stereocenters. The third kappa shape index (κ3) is 3.41. The summed E-state index contributed by atoms with van der Waals surface area (Å²) in [5.74, 6) is 1.60. The predicted molar refractivity (Wildman–Crippen MR) is 82.3 cm³/mol. The van der Waals surface area contributed by atoms with Crippen molar-refractivity contribution in [3.05, 3.63) is 16.5 Å². The Bertz CT molecular complexity index is 459. The van der Waals surface area contributed by atoms with Gasteiger partial charge < -0.3 is 10.4 Å². The molecule has 1 aliphatic carbocycles. The molecule has 2 rings (SSSR count). The number of aromatic nitrogens is 2. The molecule has 112 valence electrons. The number of aliphatic hydroxyl groups is 1. The SMILES string of the molecule is CCCc1nc(Cl)c(C)c(NCC2(CO)CCCC2)n1. The number of aliphatic hydroxyl groups excluding tert-OH is 1. The van der Waals surface area contributed by atoms with E-state index >= 15 is 0 Å². The average molecular weight is 298 g/mol. The summed E-state index contributed by atoms with van der Waals surface area (Å²) in [6.07, 6.45) is 6.39. The van der Waals surface area contributed by atoms with Crippen molar-refractivity contribution in [1.29, 1.82) is 0 Å². The Morgan fingerprint density at radius 2 is 2.00 bits per heavy atom. The van der Waals surface area contributed by atoms with Crippen LogP contribution in [0.4, 0.5) is 5.82 Å². The maximum atomic E-state index is 9.66. The number of rotatable bonds is 6. The second kappa shape index (κ2) is 6.72. The number of nitrogens with zero attached hydrogens (tertiary/aromatic N) is 2. The van der Waals surface area contributed by atoms with Gasteiger partial charge in [-0.15, -0.1) is 0 Å². The largest absolute Gasteiger partial charge is 0.396 e. The van der Waals surface area contributed by atoms with Crippen LogP contribution in [0.15, 0.2) is 0 Å². The Hall–Kier alpha value is -0.870. The summed E-state index contributed by atoms with van der Waals surface area (Å²) < 4.78 is 0. The lowest BCUT2D eigenvalue weighted by Crippen LogP contribution is -2.31. The fourth-order valence-corrected chi connectivity index (χ4v) is 3.01. The van der Waals surface area contributed by atoms with Crippen LogP contribution in [0.25, 0.3) is 0 Å². The summed E-state index contributed by atoms with van der Waals surface area (Å²) in [6.45, 7) is 5.02. The van der Waals surface area contributed by atoms with Gasteiger partial charge >= 0.3 is 0 Å². The van der Waals surface area contributed by atoms with Gasteiger partial charge in [-0.1, -0.05) is 31.4 Å². The maximum Gasteiger partial charge on any atom is 0.137 e. The van der Waals surface area contributed by atoms with Crippen molar-refractivity contribution in [2.75, 3.05) is 18.5 Å². The van der Waals surface area contributed by atoms with Gasteiger partial charge in [0.15, 0.2) is 0 Å². The Morgan fingerprint density at radius 1 is 1.30 bits per heavy atom. The first-order valence-corrected chi connectivity index (χ1v) is 7.86. The normalized spacial score (nSPS) is 17.4. The molecule has 1 aromatic heterocycles. The third-order valence-electron chi connectivity index (χ3n) is 4.24. The quantitative estimate of drug-likeness (QED) is 0.791. The first-order chi connectivity index (χ1) is 9.60. The van der Waals surface area contributed by atoms with E-state index in [1.54, 1.807) is 0 Å². The number of aryl methyl sites for hydroxylation is 1. The zero-order chi connectivity index (χ0) is 14.6. The molecule has 1 aliphatic rings. The van der Waals surface area contributed by atoms with E-state index in [-0.39, 0.29) is 12.0 Å². The van der Waals surface area contributed by atoms with Gasteiger partial charge in [0.25, 0.3) is 0 Å². The van der Waals surface area contributed by atoms with Gasteiger partial charge in [-0.2, -0.15) is 0 Å². The van der Waals surface area contributed by atoms with Crippen LogP contribution in [0.2, 0.25) is 5.15 Å². The lowest BCUT2D eigenvalue weighted by atomic mass is 9.87. The van der Waals surface area contributed by atoms with E-state index in [1.165, 1.54) is 12.8 Å². The second-order valence-electron chi connectivity index (χ2n) is 5.87. The Morgan fingerprint density at radius 3 is 2.60 bits per heavy atom. The molecule has 1 saturated carbocycles. The zero-order valence-corrected chi connectivity index (χ0v) is 13.1. The molecular weight excluding hydrogens is 274 g/mol. The van der Waals surface area contributed by atoms with Gasteiger partial charge in [0.2, 0.25) is 0 Å². The summed E-state index contributed by atoms with van der Waals surface area (Å²) in [5, 5.41) is 13.6. The predicted octanol–water partition coefficient (Wildman–Crippen LogP) is 3.36. The van der Waals surface area contributed by atoms with Crippen LogP contribution in [-0.2, 0) is 6.42 Å². The van der Waals surface area contributed by atoms with Gasteiger partial charge in [0.05, 0.1) is 6.61 Å². The number of hydrogen-bond donors (Lipinski definition) is 2. The van der Waals surface area contributed by atoms with E-state index in [1.807, 2.05) is 6.92 Å². The Labute approximate surface area is 126 Å². The zero-order valence-electron chi connectivity index (χ0n) is 12.4. The maximum absolute atomic E-state index is 9.66. The highest BCUT2D eigenvalue weighted by Gasteiger charge is 2.33. The average Bonchev–Trinajstić information content (AvgIpc) is 2.91. The minimum Gasteiger partial charge on any atom is -0.396 e. The lowest BCUT2D eigenvalue weighted by molar-refractivity contribution is 0.142. The molecule has 1 heterocycles. The molecule has 0 spiro atoms. The molecular formula is C15H24ClN3O. The molecule has 0 saturated heterocycles. The number of halogens is 1. The van der Waals surface area contributed by atoms with E-state index in [2.05, 4.69) is 22.2 Å². The van der Waals surface area contributed by atoms with Crippen LogP contribution in [0.1, 0.15) is 50.4 Å². The molecule has 1 aromatic rings. The van der Waals surface area contributed by atoms with Crippen molar-refractivity contribution in [3.8, 4) is 0 Å². The van der Waals surface area contributed by atoms with E-state index in [9.17, 15) is 5.11 Å². The standard InChI is InChI=1S/C15H24ClN3O/c1-3-6-12-18-13(16)11(2)14(19-12)17-9-15(10-20)7-4-5-8-15/h20H,3-10H2,1-2H3,(H,17,18,19). The number of anilines is 1. The smallest absolute Gasteiger partial charge is 0.137 e. The molecule has 0 aliphatic heterocycles. The van der Waals surface area contributed by atoms with E-state index in [4.69, 9.17) is 11.6 Å². The van der Waals surface area contributed by atoms with Gasteiger partial charge in [-0.05, 0) is 26.2 Å². The van der Waals surface area contributed by atoms with Crippen LogP contribution in [0.3, 0.4) is 0 Å². The van der Waals surface area contributed by atoms with Crippen LogP contribution in [-0.4, -0.2) is 28.2 Å². The lowest BCUT2D eigenvalue weighted by Gasteiger charge is -2.27. The van der Waals surface area contributed by atoms with E-state index in [0.717, 1.165) is 49.4 Å². The van der Waals surface area contributed by atoms with Crippen LogP contribution in [0.5, 0.6) is 0 Å². The minimum absolute atomic E-state index is 0.00872. The number of hydrogen-bond acceptors (Lipinski definition) is 4. The van der Waals surface area contributed by atoms with Gasteiger partial charge in [0, 0.05) is 23.9 Å². The monoisotopic (exact) mass is 297 g/mol. The van der Waals surface area contributed by atoms with Crippen molar-refractivity contribution in [3.63, 3.8) is 0 Å². The molecule has 5 heteroatoms. The summed E-state index contributed by atoms with van der Waals surface area (Å²) in [7, 11) is 0. The highest BCUT2D eigenvalue weighted by molar-refractivity contribution is 6.30. The summed E-state index contributed by atoms with van der Waals surface area (Å²) in [4.78, 5) is 8.87. The molecule has 0 atom stereocenters. The van der Waals surface area contributed by atoms with E-state index < -0.39 is 0 Å². The van der Waals surface area contributed by atoms with Gasteiger partial charge in [-0.3, -0.25) is 0 Å². The Balaban J connectivity index is 2.12. The highest BCUT2D eigenvalue weighted by atomic mass is 35.5. The van der Waals surface area contributed by atoms with Crippen molar-refractivity contribution in [2.24, 2.45) is 5.41 Å². The molecule has 0 bridgehead atoms. The molecule has 0 radical (unpaired) electrons. The van der Waals surface area contributed by atoms with Crippen molar-refractivity contribution < 1.29 is 5.11 Å². The molecule has 4 nitrogen and oxygen atoms in total. The van der Waals surface area contributed by atoms with E-state index in [0.29, 0.717) is 5.15 Å². The van der Waals surface area contributed by atoms with Crippen LogP contribution >= 0.6 is 11.6 Å². The first-order valence-electron chi connectivity index (χ1n) is 7.48. The molecule has 0 aromatic carbocycles. The fourth-order valence-electron chi connectivity index (χ4n) is 2.83. The second-order valence-corrected chi connectivity index (χ2v) is 6.23. The number of nitrogens with one attached hydrogen (secondary N) is 1. The summed E-state index contributed by atoms with van der Waals surface area (Å²) >= 11 is 6.18. The van der Waals surface area contributed by atoms with Crippen LogP contribution < -0.4 is 5.32 Å². The molecule has 2 N–H and O–H groups in total. The topological polar surface area (TPSA) is 58.0 Å². The van der Waals surface area contributed by atoms with Gasteiger partial charge in [-0.25, -0.2) is 9.97 Å². The summed E-state index contributed by atoms with van der Waals surface area (Å²) in [6, 6.07) is 0. The van der Waals surface area contributed by atoms with Crippen molar-refractivity contribution >= 4 is 17.4 Å².